The van der Waals surface area contributed by atoms with E-state index >= 15 is 0 Å². The van der Waals surface area contributed by atoms with E-state index in [0.29, 0.717) is 6.42 Å². The quantitative estimate of drug-likeness (QED) is 0.214. The summed E-state index contributed by atoms with van der Waals surface area (Å²) in [5.41, 5.74) is 0. The summed E-state index contributed by atoms with van der Waals surface area (Å²) in [6.45, 7) is 15.9. The van der Waals surface area contributed by atoms with Crippen LogP contribution in [0.5, 0.6) is 0 Å². The smallest absolute Gasteiger partial charge is 0.261 e. The van der Waals surface area contributed by atoms with E-state index in [9.17, 15) is 4.79 Å². The summed E-state index contributed by atoms with van der Waals surface area (Å²) in [4.78, 5) is 11.5. The monoisotopic (exact) mass is 498 g/mol. The maximum atomic E-state index is 11.5. The predicted molar refractivity (Wildman–Crippen MR) is 150 cm³/mol. The minimum absolute atomic E-state index is 0.00535. The fourth-order valence-electron chi connectivity index (χ4n) is 5.16. The van der Waals surface area contributed by atoms with Crippen LogP contribution in [0.1, 0.15) is 67.7 Å². The molecule has 2 aromatic carbocycles. The molecule has 0 saturated heterocycles. The van der Waals surface area contributed by atoms with Crippen LogP contribution in [0.25, 0.3) is 0 Å². The van der Waals surface area contributed by atoms with Crippen molar-refractivity contribution in [3.8, 4) is 0 Å². The van der Waals surface area contributed by atoms with Crippen LogP contribution >= 0.6 is 0 Å². The molecule has 0 aromatic heterocycles. The van der Waals surface area contributed by atoms with Crippen molar-refractivity contribution in [3.63, 3.8) is 0 Å². The molecule has 2 aromatic rings. The zero-order valence-electron chi connectivity index (χ0n) is 22.5. The highest BCUT2D eigenvalue weighted by atomic mass is 28.4. The maximum Gasteiger partial charge on any atom is 0.261 e. The van der Waals surface area contributed by atoms with E-state index in [1.807, 2.05) is 0 Å². The van der Waals surface area contributed by atoms with Gasteiger partial charge in [-0.1, -0.05) is 102 Å². The number of carbonyl (C=O) groups excluding carboxylic acids is 1. The zero-order valence-corrected chi connectivity index (χ0v) is 24.5. The minimum Gasteiger partial charge on any atom is -0.414 e. The number of hydrogen-bond acceptors (Lipinski definition) is 3. The number of aldehydes is 1. The van der Waals surface area contributed by atoms with Crippen molar-refractivity contribution < 1.29 is 13.6 Å². The van der Waals surface area contributed by atoms with Crippen molar-refractivity contribution in [2.24, 2.45) is 0 Å². The maximum absolute atomic E-state index is 11.5. The SMILES string of the molecule is CC[Si](CC)(CC)O[C@@H](CC=O)CC[C@H](C)O[Si](c1ccccc1)(c1ccccc1)C(C)(C)C. The Morgan fingerprint density at radius 2 is 1.26 bits per heavy atom. The van der Waals surface area contributed by atoms with Gasteiger partial charge in [-0.3, -0.25) is 0 Å². The predicted octanol–water partition coefficient (Wildman–Crippen LogP) is 6.71. The van der Waals surface area contributed by atoms with Gasteiger partial charge in [-0.2, -0.15) is 0 Å². The third-order valence-electron chi connectivity index (χ3n) is 7.40. The average Bonchev–Trinajstić information content (AvgIpc) is 2.84. The minimum atomic E-state index is -2.57. The molecule has 0 heterocycles. The Hall–Kier alpha value is -1.54. The molecule has 0 bridgehead atoms. The van der Waals surface area contributed by atoms with Gasteiger partial charge in [-0.25, -0.2) is 0 Å². The van der Waals surface area contributed by atoms with Crippen molar-refractivity contribution in [1.29, 1.82) is 0 Å². The second-order valence-electron chi connectivity index (χ2n) is 10.6. The number of benzene rings is 2. The Morgan fingerprint density at radius 1 is 0.794 bits per heavy atom. The molecule has 0 saturated carbocycles. The van der Waals surface area contributed by atoms with Gasteiger partial charge in [-0.05, 0) is 53.3 Å². The normalized spacial score (nSPS) is 14.6. The standard InChI is InChI=1S/C29H46O3Si2/c1-8-33(9-2,10-3)32-26(23-24-30)22-21-25(4)31-34(29(5,6)7,27-17-13-11-14-18-27)28-19-15-12-16-20-28/h11-20,24-26H,8-10,21-23H2,1-7H3/t25-,26+/m0/s1. The van der Waals surface area contributed by atoms with Crippen molar-refractivity contribution >= 4 is 33.3 Å². The lowest BCUT2D eigenvalue weighted by Gasteiger charge is -2.45. The zero-order chi connectivity index (χ0) is 25.2. The van der Waals surface area contributed by atoms with Crippen LogP contribution in [-0.4, -0.2) is 35.1 Å². The second kappa shape index (κ2) is 13.0. The van der Waals surface area contributed by atoms with Crippen LogP contribution in [0.2, 0.25) is 23.2 Å². The summed E-state index contributed by atoms with van der Waals surface area (Å²) < 4.78 is 13.9. The van der Waals surface area contributed by atoms with E-state index in [1.54, 1.807) is 0 Å². The van der Waals surface area contributed by atoms with E-state index in [1.165, 1.54) is 10.4 Å². The third kappa shape index (κ3) is 6.78. The average molecular weight is 499 g/mol. The van der Waals surface area contributed by atoms with Gasteiger partial charge < -0.3 is 13.6 Å². The highest BCUT2D eigenvalue weighted by Gasteiger charge is 2.51. The molecule has 0 radical (unpaired) electrons. The first-order valence-corrected chi connectivity index (χ1v) is 17.5. The second-order valence-corrected chi connectivity index (χ2v) is 19.5. The van der Waals surface area contributed by atoms with Crippen LogP contribution in [-0.2, 0) is 13.6 Å². The Bertz CT molecular complexity index is 797. The summed E-state index contributed by atoms with van der Waals surface area (Å²) in [6.07, 6.45) is 3.29. The molecule has 0 aliphatic carbocycles. The third-order valence-corrected chi connectivity index (χ3v) is 17.3. The first kappa shape index (κ1) is 28.7. The van der Waals surface area contributed by atoms with Gasteiger partial charge in [0.2, 0.25) is 0 Å². The van der Waals surface area contributed by atoms with Crippen molar-refractivity contribution in [2.75, 3.05) is 0 Å². The van der Waals surface area contributed by atoms with E-state index in [-0.39, 0.29) is 17.2 Å². The highest BCUT2D eigenvalue weighted by Crippen LogP contribution is 2.38. The molecule has 3 nitrogen and oxygen atoms in total. The topological polar surface area (TPSA) is 35.5 Å². The molecule has 0 spiro atoms. The molecule has 2 atom stereocenters. The molecular weight excluding hydrogens is 452 g/mol. The summed E-state index contributed by atoms with van der Waals surface area (Å²) in [5, 5.41) is 2.56. The van der Waals surface area contributed by atoms with E-state index < -0.39 is 16.6 Å². The summed E-state index contributed by atoms with van der Waals surface area (Å²) >= 11 is 0. The van der Waals surface area contributed by atoms with Gasteiger partial charge >= 0.3 is 0 Å². The fraction of sp³-hybridized carbons (Fsp3) is 0.552. The Kier molecular flexibility index (Phi) is 10.9. The summed E-state index contributed by atoms with van der Waals surface area (Å²) in [7, 11) is -4.33. The Morgan fingerprint density at radius 3 is 1.65 bits per heavy atom. The summed E-state index contributed by atoms with van der Waals surface area (Å²) in [6, 6.07) is 24.9. The Balaban J connectivity index is 2.32. The lowest BCUT2D eigenvalue weighted by molar-refractivity contribution is -0.109. The molecule has 188 valence electrons. The fourth-order valence-corrected chi connectivity index (χ4v) is 12.8. The van der Waals surface area contributed by atoms with Crippen molar-refractivity contribution in [2.45, 2.75) is 103 Å². The Labute approximate surface area is 210 Å². The van der Waals surface area contributed by atoms with Gasteiger partial charge in [0, 0.05) is 12.5 Å². The van der Waals surface area contributed by atoms with Crippen LogP contribution in [0.15, 0.2) is 60.7 Å². The summed E-state index contributed by atoms with van der Waals surface area (Å²) in [5.74, 6) is 0. The van der Waals surface area contributed by atoms with Gasteiger partial charge in [0.1, 0.15) is 6.29 Å². The molecule has 0 N–H and O–H groups in total. The molecule has 0 amide bonds. The van der Waals surface area contributed by atoms with Crippen molar-refractivity contribution in [3.05, 3.63) is 60.7 Å². The lowest BCUT2D eigenvalue weighted by Crippen LogP contribution is -2.67. The van der Waals surface area contributed by atoms with Crippen molar-refractivity contribution in [1.82, 2.24) is 0 Å². The van der Waals surface area contributed by atoms with Gasteiger partial charge in [-0.15, -0.1) is 0 Å². The molecule has 0 fully saturated rings. The molecule has 0 aliphatic heterocycles. The van der Waals surface area contributed by atoms with Gasteiger partial charge in [0.25, 0.3) is 8.32 Å². The largest absolute Gasteiger partial charge is 0.414 e. The number of hydrogen-bond donors (Lipinski definition) is 0. The van der Waals surface area contributed by atoms with E-state index in [4.69, 9.17) is 8.85 Å². The van der Waals surface area contributed by atoms with Crippen LogP contribution in [0, 0.1) is 0 Å². The number of carbonyl (C=O) groups is 1. The van der Waals surface area contributed by atoms with Crippen LogP contribution < -0.4 is 10.4 Å². The molecule has 0 unspecified atom stereocenters. The lowest BCUT2D eigenvalue weighted by atomic mass is 10.1. The van der Waals surface area contributed by atoms with Crippen LogP contribution in [0.3, 0.4) is 0 Å². The molecule has 0 aliphatic rings. The van der Waals surface area contributed by atoms with Gasteiger partial charge in [0.05, 0.1) is 6.10 Å². The van der Waals surface area contributed by atoms with E-state index in [2.05, 4.69) is 109 Å². The van der Waals surface area contributed by atoms with Gasteiger partial charge in [0.15, 0.2) is 8.32 Å². The molecular formula is C29H46O3Si2. The van der Waals surface area contributed by atoms with Crippen LogP contribution in [0.4, 0.5) is 0 Å². The number of rotatable bonds is 14. The highest BCUT2D eigenvalue weighted by molar-refractivity contribution is 6.99. The molecule has 34 heavy (non-hydrogen) atoms. The molecule has 2 rings (SSSR count). The van der Waals surface area contributed by atoms with E-state index in [0.717, 1.165) is 37.3 Å². The first-order valence-electron chi connectivity index (χ1n) is 13.1. The molecule has 5 heteroatoms. The first-order chi connectivity index (χ1) is 16.2.